The van der Waals surface area contributed by atoms with Crippen LogP contribution in [-0.2, 0) is 4.79 Å². The number of carbonyl (C=O) groups excluding carboxylic acids is 1. The van der Waals surface area contributed by atoms with E-state index in [2.05, 4.69) is 29.3 Å². The third kappa shape index (κ3) is 4.05. The Kier molecular flexibility index (Phi) is 5.01. The first-order chi connectivity index (χ1) is 9.86. The van der Waals surface area contributed by atoms with E-state index in [0.29, 0.717) is 12.5 Å². The topological polar surface area (TPSA) is 52.6 Å². The number of aryl methyl sites for hydroxylation is 3. The summed E-state index contributed by atoms with van der Waals surface area (Å²) in [7, 11) is 0. The molecule has 1 fully saturated rings. The molecule has 116 valence electrons. The van der Waals surface area contributed by atoms with Gasteiger partial charge in [0.25, 0.3) is 0 Å². The number of rotatable bonds is 4. The van der Waals surface area contributed by atoms with Crippen LogP contribution >= 0.6 is 0 Å². The fourth-order valence-corrected chi connectivity index (χ4v) is 3.16. The predicted octanol–water partition coefficient (Wildman–Crippen LogP) is 2.25. The van der Waals surface area contributed by atoms with Gasteiger partial charge in [-0.1, -0.05) is 17.7 Å². The molecule has 1 aliphatic heterocycles. The van der Waals surface area contributed by atoms with Crippen LogP contribution in [0.4, 0.5) is 5.69 Å². The fraction of sp³-hybridized carbons (Fsp3) is 0.588. The summed E-state index contributed by atoms with van der Waals surface area (Å²) in [6.07, 6.45) is 0.674. The third-order valence-electron chi connectivity index (χ3n) is 4.30. The van der Waals surface area contributed by atoms with Gasteiger partial charge in [0.1, 0.15) is 0 Å². The summed E-state index contributed by atoms with van der Waals surface area (Å²) in [4.78, 5) is 14.3. The van der Waals surface area contributed by atoms with Crippen molar-refractivity contribution in [3.05, 3.63) is 28.8 Å². The number of amides is 1. The summed E-state index contributed by atoms with van der Waals surface area (Å²) in [5.74, 6) is 0.317. The molecule has 1 amide bonds. The molecule has 21 heavy (non-hydrogen) atoms. The Morgan fingerprint density at radius 3 is 2.52 bits per heavy atom. The van der Waals surface area contributed by atoms with Crippen LogP contribution in [0.1, 0.15) is 30.0 Å². The first-order valence-electron chi connectivity index (χ1n) is 7.65. The van der Waals surface area contributed by atoms with Crippen LogP contribution in [0.3, 0.4) is 0 Å². The lowest BCUT2D eigenvalue weighted by Gasteiger charge is -2.18. The molecule has 0 saturated carbocycles. The molecule has 2 rings (SSSR count). The van der Waals surface area contributed by atoms with Crippen LogP contribution in [0.25, 0.3) is 0 Å². The average Bonchev–Trinajstić information content (AvgIpc) is 2.82. The second-order valence-electron chi connectivity index (χ2n) is 6.35. The highest BCUT2D eigenvalue weighted by molar-refractivity contribution is 5.93. The van der Waals surface area contributed by atoms with Crippen molar-refractivity contribution >= 4 is 11.6 Å². The third-order valence-corrected chi connectivity index (χ3v) is 4.30. The number of hydrogen-bond donors (Lipinski definition) is 2. The van der Waals surface area contributed by atoms with Crippen molar-refractivity contribution in [2.75, 3.05) is 25.0 Å². The van der Waals surface area contributed by atoms with E-state index in [4.69, 9.17) is 0 Å². The largest absolute Gasteiger partial charge is 0.393 e. The molecule has 0 bridgehead atoms. The minimum absolute atomic E-state index is 0.0243. The number of benzene rings is 1. The van der Waals surface area contributed by atoms with Gasteiger partial charge < -0.3 is 10.4 Å². The zero-order valence-electron chi connectivity index (χ0n) is 13.4. The van der Waals surface area contributed by atoms with Gasteiger partial charge >= 0.3 is 0 Å². The highest BCUT2D eigenvalue weighted by atomic mass is 16.3. The van der Waals surface area contributed by atoms with Crippen molar-refractivity contribution in [3.8, 4) is 0 Å². The monoisotopic (exact) mass is 290 g/mol. The van der Waals surface area contributed by atoms with Gasteiger partial charge in [-0.15, -0.1) is 0 Å². The highest BCUT2D eigenvalue weighted by Crippen LogP contribution is 2.23. The number of carbonyl (C=O) groups is 1. The Morgan fingerprint density at radius 2 is 2.00 bits per heavy atom. The molecule has 1 aliphatic rings. The van der Waals surface area contributed by atoms with Gasteiger partial charge in [0, 0.05) is 12.2 Å². The van der Waals surface area contributed by atoms with Gasteiger partial charge in [0.2, 0.25) is 5.91 Å². The number of hydrogen-bond acceptors (Lipinski definition) is 3. The maximum absolute atomic E-state index is 12.2. The highest BCUT2D eigenvalue weighted by Gasteiger charge is 2.27. The molecule has 4 heteroatoms. The lowest BCUT2D eigenvalue weighted by Crippen LogP contribution is -2.33. The first kappa shape index (κ1) is 16.0. The second-order valence-corrected chi connectivity index (χ2v) is 6.35. The standard InChI is InChI=1S/C17H26N2O2/c1-11-7-12(2)17(13(3)8-11)18-16(21)10-19-6-5-15(9-19)14(4)20/h7-8,14-15,20H,5-6,9-10H2,1-4H3,(H,18,21). The Bertz CT molecular complexity index is 503. The molecule has 1 aromatic rings. The number of nitrogens with zero attached hydrogens (tertiary/aromatic N) is 1. The van der Waals surface area contributed by atoms with E-state index >= 15 is 0 Å². The minimum atomic E-state index is -0.292. The smallest absolute Gasteiger partial charge is 0.238 e. The van der Waals surface area contributed by atoms with Gasteiger partial charge in [-0.3, -0.25) is 9.69 Å². The van der Waals surface area contributed by atoms with E-state index < -0.39 is 0 Å². The van der Waals surface area contributed by atoms with Crippen LogP contribution in [0.5, 0.6) is 0 Å². The SMILES string of the molecule is Cc1cc(C)c(NC(=O)CN2CCC(C(C)O)C2)c(C)c1. The Labute approximate surface area is 127 Å². The van der Waals surface area contributed by atoms with Crippen LogP contribution in [0.2, 0.25) is 0 Å². The molecule has 2 atom stereocenters. The van der Waals surface area contributed by atoms with Crippen molar-refractivity contribution in [2.24, 2.45) is 5.92 Å². The van der Waals surface area contributed by atoms with E-state index in [1.807, 2.05) is 20.8 Å². The van der Waals surface area contributed by atoms with Crippen LogP contribution < -0.4 is 5.32 Å². The Hall–Kier alpha value is -1.39. The molecular formula is C17H26N2O2. The predicted molar refractivity (Wildman–Crippen MR) is 85.5 cm³/mol. The normalized spacial score (nSPS) is 20.5. The molecule has 0 radical (unpaired) electrons. The van der Waals surface area contributed by atoms with Crippen LogP contribution in [0, 0.1) is 26.7 Å². The molecule has 0 aliphatic carbocycles. The van der Waals surface area contributed by atoms with Crippen LogP contribution in [0.15, 0.2) is 12.1 Å². The molecule has 2 N–H and O–H groups in total. The summed E-state index contributed by atoms with van der Waals surface area (Å²) < 4.78 is 0. The maximum atomic E-state index is 12.2. The average molecular weight is 290 g/mol. The van der Waals surface area contributed by atoms with E-state index in [9.17, 15) is 9.90 Å². The van der Waals surface area contributed by atoms with Gasteiger partial charge in [0.05, 0.1) is 12.6 Å². The zero-order chi connectivity index (χ0) is 15.6. The number of aliphatic hydroxyl groups is 1. The van der Waals surface area contributed by atoms with Crippen molar-refractivity contribution in [3.63, 3.8) is 0 Å². The molecule has 1 saturated heterocycles. The Morgan fingerprint density at radius 1 is 1.38 bits per heavy atom. The molecule has 2 unspecified atom stereocenters. The summed E-state index contributed by atoms with van der Waals surface area (Å²) in [5, 5.41) is 12.6. The Balaban J connectivity index is 1.94. The number of anilines is 1. The van der Waals surface area contributed by atoms with Crippen molar-refractivity contribution in [1.82, 2.24) is 4.90 Å². The van der Waals surface area contributed by atoms with Gasteiger partial charge in [0.15, 0.2) is 0 Å². The molecule has 1 heterocycles. The van der Waals surface area contributed by atoms with E-state index in [1.165, 1.54) is 5.56 Å². The number of likely N-dealkylation sites (tertiary alicyclic amines) is 1. The quantitative estimate of drug-likeness (QED) is 0.894. The molecular weight excluding hydrogens is 264 g/mol. The number of nitrogens with one attached hydrogen (secondary N) is 1. The summed E-state index contributed by atoms with van der Waals surface area (Å²) in [6, 6.07) is 4.17. The van der Waals surface area contributed by atoms with Crippen molar-refractivity contribution in [1.29, 1.82) is 0 Å². The van der Waals surface area contributed by atoms with Crippen LogP contribution in [-0.4, -0.2) is 41.7 Å². The lowest BCUT2D eigenvalue weighted by atomic mass is 10.0. The van der Waals surface area contributed by atoms with E-state index in [-0.39, 0.29) is 12.0 Å². The molecule has 1 aromatic carbocycles. The van der Waals surface area contributed by atoms with Crippen molar-refractivity contribution in [2.45, 2.75) is 40.2 Å². The summed E-state index contributed by atoms with van der Waals surface area (Å²) >= 11 is 0. The zero-order valence-corrected chi connectivity index (χ0v) is 13.4. The second kappa shape index (κ2) is 6.58. The summed E-state index contributed by atoms with van der Waals surface area (Å²) in [5.41, 5.74) is 4.34. The van der Waals surface area contributed by atoms with Gasteiger partial charge in [-0.2, -0.15) is 0 Å². The summed E-state index contributed by atoms with van der Waals surface area (Å²) in [6.45, 7) is 10.0. The lowest BCUT2D eigenvalue weighted by molar-refractivity contribution is -0.117. The maximum Gasteiger partial charge on any atom is 0.238 e. The van der Waals surface area contributed by atoms with E-state index in [0.717, 1.165) is 36.3 Å². The first-order valence-corrected chi connectivity index (χ1v) is 7.65. The number of aliphatic hydroxyl groups excluding tert-OH is 1. The van der Waals surface area contributed by atoms with Gasteiger partial charge in [-0.05, 0) is 57.7 Å². The molecule has 0 aromatic heterocycles. The molecule has 0 spiro atoms. The molecule has 4 nitrogen and oxygen atoms in total. The fourth-order valence-electron chi connectivity index (χ4n) is 3.16. The van der Waals surface area contributed by atoms with E-state index in [1.54, 1.807) is 0 Å². The van der Waals surface area contributed by atoms with Crippen molar-refractivity contribution < 1.29 is 9.90 Å². The minimum Gasteiger partial charge on any atom is -0.393 e. The van der Waals surface area contributed by atoms with Gasteiger partial charge in [-0.25, -0.2) is 0 Å².